The minimum absolute atomic E-state index is 0.00278. The standard InChI is InChI=1S/C18H18ClN3/c1-11-7-12(8-16(22-11)18(2,3)4)13-5-6-20-15-10-21-17(19)9-14(13)15/h5-10H,1-4H3. The fourth-order valence-electron chi connectivity index (χ4n) is 2.48. The molecule has 112 valence electrons. The maximum absolute atomic E-state index is 6.06. The first-order chi connectivity index (χ1) is 10.3. The number of rotatable bonds is 1. The molecule has 0 amide bonds. The molecule has 0 bridgehead atoms. The lowest BCUT2D eigenvalue weighted by Gasteiger charge is -2.19. The number of hydrogen-bond acceptors (Lipinski definition) is 3. The normalized spacial score (nSPS) is 11.9. The largest absolute Gasteiger partial charge is 0.258 e. The fourth-order valence-corrected chi connectivity index (χ4v) is 2.64. The first-order valence-corrected chi connectivity index (χ1v) is 7.62. The van der Waals surface area contributed by atoms with E-state index in [4.69, 9.17) is 11.6 Å². The third kappa shape index (κ3) is 2.81. The van der Waals surface area contributed by atoms with Crippen LogP contribution in [0.1, 0.15) is 32.2 Å². The van der Waals surface area contributed by atoms with E-state index in [1.807, 2.05) is 19.1 Å². The molecule has 0 spiro atoms. The van der Waals surface area contributed by atoms with Crippen molar-refractivity contribution in [3.05, 3.63) is 53.2 Å². The molecule has 0 aliphatic rings. The van der Waals surface area contributed by atoms with Crippen LogP contribution in [0, 0.1) is 6.92 Å². The summed E-state index contributed by atoms with van der Waals surface area (Å²) in [6.45, 7) is 8.54. The van der Waals surface area contributed by atoms with Gasteiger partial charge in [0.1, 0.15) is 5.15 Å². The van der Waals surface area contributed by atoms with E-state index in [0.29, 0.717) is 5.15 Å². The number of halogens is 1. The number of hydrogen-bond donors (Lipinski definition) is 0. The molecule has 3 aromatic rings. The van der Waals surface area contributed by atoms with Gasteiger partial charge in [-0.05, 0) is 42.3 Å². The minimum atomic E-state index is 0.00278. The van der Waals surface area contributed by atoms with Gasteiger partial charge < -0.3 is 0 Å². The highest BCUT2D eigenvalue weighted by Gasteiger charge is 2.17. The Bertz CT molecular complexity index is 851. The topological polar surface area (TPSA) is 38.7 Å². The SMILES string of the molecule is Cc1cc(-c2ccnc3cnc(Cl)cc23)cc(C(C)(C)C)n1. The molecule has 0 fully saturated rings. The summed E-state index contributed by atoms with van der Waals surface area (Å²) in [4.78, 5) is 13.1. The van der Waals surface area contributed by atoms with E-state index in [2.05, 4.69) is 47.9 Å². The second-order valence-electron chi connectivity index (χ2n) is 6.52. The maximum atomic E-state index is 6.06. The van der Waals surface area contributed by atoms with E-state index in [0.717, 1.165) is 33.4 Å². The number of aromatic nitrogens is 3. The third-order valence-electron chi connectivity index (χ3n) is 3.63. The van der Waals surface area contributed by atoms with Crippen molar-refractivity contribution in [2.24, 2.45) is 0 Å². The monoisotopic (exact) mass is 311 g/mol. The van der Waals surface area contributed by atoms with Gasteiger partial charge in [-0.25, -0.2) is 4.98 Å². The van der Waals surface area contributed by atoms with Crippen LogP contribution in [0.3, 0.4) is 0 Å². The van der Waals surface area contributed by atoms with Crippen molar-refractivity contribution in [1.82, 2.24) is 15.0 Å². The van der Waals surface area contributed by atoms with Gasteiger partial charge in [0.15, 0.2) is 0 Å². The lowest BCUT2D eigenvalue weighted by atomic mass is 9.89. The molecule has 0 atom stereocenters. The van der Waals surface area contributed by atoms with Gasteiger partial charge in [-0.2, -0.15) is 0 Å². The summed E-state index contributed by atoms with van der Waals surface area (Å²) in [7, 11) is 0. The molecule has 0 radical (unpaired) electrons. The average Bonchev–Trinajstić information content (AvgIpc) is 2.45. The van der Waals surface area contributed by atoms with Gasteiger partial charge in [0, 0.05) is 28.4 Å². The van der Waals surface area contributed by atoms with Crippen LogP contribution in [0.4, 0.5) is 0 Å². The van der Waals surface area contributed by atoms with Crippen LogP contribution < -0.4 is 0 Å². The predicted octanol–water partition coefficient (Wildman–Crippen LogP) is 4.95. The van der Waals surface area contributed by atoms with Crippen LogP contribution >= 0.6 is 11.6 Å². The molecule has 3 rings (SSSR count). The number of aryl methyl sites for hydroxylation is 1. The van der Waals surface area contributed by atoms with Gasteiger partial charge >= 0.3 is 0 Å². The Morgan fingerprint density at radius 2 is 1.82 bits per heavy atom. The Hall–Kier alpha value is -2.00. The highest BCUT2D eigenvalue weighted by atomic mass is 35.5. The summed E-state index contributed by atoms with van der Waals surface area (Å²) in [6.07, 6.45) is 3.51. The predicted molar refractivity (Wildman–Crippen MR) is 91.2 cm³/mol. The summed E-state index contributed by atoms with van der Waals surface area (Å²) < 4.78 is 0. The zero-order valence-electron chi connectivity index (χ0n) is 13.2. The van der Waals surface area contributed by atoms with Crippen molar-refractivity contribution in [2.45, 2.75) is 33.1 Å². The summed E-state index contributed by atoms with van der Waals surface area (Å²) in [5, 5.41) is 1.48. The van der Waals surface area contributed by atoms with E-state index in [-0.39, 0.29) is 5.41 Å². The molecule has 22 heavy (non-hydrogen) atoms. The number of pyridine rings is 3. The van der Waals surface area contributed by atoms with Crippen molar-refractivity contribution in [3.8, 4) is 11.1 Å². The fraction of sp³-hybridized carbons (Fsp3) is 0.278. The number of nitrogens with zero attached hydrogens (tertiary/aromatic N) is 3. The van der Waals surface area contributed by atoms with Crippen LogP contribution in [-0.2, 0) is 5.41 Å². The zero-order chi connectivity index (χ0) is 15.9. The Morgan fingerprint density at radius 1 is 1.05 bits per heavy atom. The van der Waals surface area contributed by atoms with Gasteiger partial charge in [0.05, 0.1) is 11.7 Å². The van der Waals surface area contributed by atoms with Gasteiger partial charge in [-0.1, -0.05) is 32.4 Å². The second kappa shape index (κ2) is 5.33. The Kier molecular flexibility index (Phi) is 3.61. The molecular weight excluding hydrogens is 294 g/mol. The van der Waals surface area contributed by atoms with Crippen LogP contribution in [0.2, 0.25) is 5.15 Å². The van der Waals surface area contributed by atoms with Crippen LogP contribution in [0.25, 0.3) is 22.0 Å². The summed E-state index contributed by atoms with van der Waals surface area (Å²) >= 11 is 6.06. The minimum Gasteiger partial charge on any atom is -0.258 e. The van der Waals surface area contributed by atoms with Crippen molar-refractivity contribution in [3.63, 3.8) is 0 Å². The van der Waals surface area contributed by atoms with E-state index < -0.39 is 0 Å². The summed E-state index contributed by atoms with van der Waals surface area (Å²) in [6, 6.07) is 8.13. The molecule has 0 saturated carbocycles. The van der Waals surface area contributed by atoms with E-state index in [1.54, 1.807) is 12.4 Å². The second-order valence-corrected chi connectivity index (χ2v) is 6.90. The molecule has 3 aromatic heterocycles. The Labute approximate surface area is 135 Å². The third-order valence-corrected chi connectivity index (χ3v) is 3.83. The molecule has 3 nitrogen and oxygen atoms in total. The van der Waals surface area contributed by atoms with Crippen LogP contribution in [0.5, 0.6) is 0 Å². The van der Waals surface area contributed by atoms with E-state index in [1.165, 1.54) is 0 Å². The quantitative estimate of drug-likeness (QED) is 0.597. The van der Waals surface area contributed by atoms with E-state index >= 15 is 0 Å². The molecule has 0 N–H and O–H groups in total. The van der Waals surface area contributed by atoms with Crippen molar-refractivity contribution >= 4 is 22.5 Å². The summed E-state index contributed by atoms with van der Waals surface area (Å²) in [5.74, 6) is 0. The first-order valence-electron chi connectivity index (χ1n) is 7.24. The van der Waals surface area contributed by atoms with Crippen LogP contribution in [0.15, 0.2) is 36.7 Å². The van der Waals surface area contributed by atoms with Crippen molar-refractivity contribution in [2.75, 3.05) is 0 Å². The Morgan fingerprint density at radius 3 is 2.55 bits per heavy atom. The van der Waals surface area contributed by atoms with E-state index in [9.17, 15) is 0 Å². The van der Waals surface area contributed by atoms with Gasteiger partial charge in [-0.15, -0.1) is 0 Å². The lowest BCUT2D eigenvalue weighted by molar-refractivity contribution is 0.567. The first kappa shape index (κ1) is 14.9. The summed E-state index contributed by atoms with van der Waals surface area (Å²) in [5.41, 5.74) is 5.16. The molecule has 0 aliphatic carbocycles. The Balaban J connectivity index is 2.28. The highest BCUT2D eigenvalue weighted by Crippen LogP contribution is 2.31. The van der Waals surface area contributed by atoms with Crippen molar-refractivity contribution in [1.29, 1.82) is 0 Å². The molecule has 0 unspecified atom stereocenters. The molecule has 0 aromatic carbocycles. The smallest absolute Gasteiger partial charge is 0.129 e. The highest BCUT2D eigenvalue weighted by molar-refractivity contribution is 6.30. The average molecular weight is 312 g/mol. The molecular formula is C18H18ClN3. The number of fused-ring (bicyclic) bond motifs is 1. The molecule has 4 heteroatoms. The maximum Gasteiger partial charge on any atom is 0.129 e. The molecule has 3 heterocycles. The van der Waals surface area contributed by atoms with Gasteiger partial charge in [0.25, 0.3) is 0 Å². The lowest BCUT2D eigenvalue weighted by Crippen LogP contribution is -2.14. The van der Waals surface area contributed by atoms with Gasteiger partial charge in [-0.3, -0.25) is 9.97 Å². The van der Waals surface area contributed by atoms with Crippen LogP contribution in [-0.4, -0.2) is 15.0 Å². The van der Waals surface area contributed by atoms with Gasteiger partial charge in [0.2, 0.25) is 0 Å². The zero-order valence-corrected chi connectivity index (χ0v) is 13.9. The van der Waals surface area contributed by atoms with Crippen molar-refractivity contribution < 1.29 is 0 Å². The molecule has 0 aliphatic heterocycles. The molecule has 0 saturated heterocycles.